The Bertz CT molecular complexity index is 1830. The molecule has 2 atom stereocenters. The molecule has 81 heavy (non-hydrogen) atoms. The first-order valence-corrected chi connectivity index (χ1v) is 27.2. The van der Waals surface area contributed by atoms with E-state index in [2.05, 4.69) is 62.0 Å². The number of rotatable bonds is 60. The van der Waals surface area contributed by atoms with Crippen molar-refractivity contribution in [2.45, 2.75) is 89.1 Å². The fraction of sp³-hybridized carbons (Fsp3) is 0.854. The molecule has 462 valence electrons. The smallest absolute Gasteiger partial charge is 0.305 e. The van der Waals surface area contributed by atoms with Crippen LogP contribution in [0.4, 0.5) is 0 Å². The lowest BCUT2D eigenvalue weighted by atomic mass is 10.0. The molecule has 0 aliphatic heterocycles. The first-order valence-electron chi connectivity index (χ1n) is 27.2. The van der Waals surface area contributed by atoms with E-state index in [0.717, 1.165) is 0 Å². The molecule has 0 fully saturated rings. The minimum Gasteiger partial charge on any atom is -0.481 e. The third-order valence-electron chi connectivity index (χ3n) is 10.5. The highest BCUT2D eigenvalue weighted by atomic mass is 16.6. The molecule has 0 aliphatic carbocycles. The normalized spacial score (nSPS) is 11.5. The van der Waals surface area contributed by atoms with Crippen molar-refractivity contribution in [3.63, 3.8) is 0 Å². The van der Waals surface area contributed by atoms with Crippen LogP contribution in [0.2, 0.25) is 0 Å². The quantitative estimate of drug-likeness (QED) is 0.0195. The number of hydrogen-bond acceptors (Lipinski definition) is 20. The van der Waals surface area contributed by atoms with Crippen LogP contribution in [-0.2, 0) is 80.9 Å². The predicted molar refractivity (Wildman–Crippen MR) is 289 cm³/mol. The van der Waals surface area contributed by atoms with E-state index in [1.807, 2.05) is 0 Å². The van der Waals surface area contributed by atoms with Crippen molar-refractivity contribution in [2.75, 3.05) is 178 Å². The van der Waals surface area contributed by atoms with Crippen molar-refractivity contribution < 1.29 is 86.0 Å². The molecule has 0 aromatic heterocycles. The lowest BCUT2D eigenvalue weighted by Gasteiger charge is -2.23. The minimum absolute atomic E-state index is 0.0319. The Balaban J connectivity index is 5.45. The Morgan fingerprint density at radius 3 is 1.06 bits per heavy atom. The van der Waals surface area contributed by atoms with E-state index in [1.165, 1.54) is 0 Å². The summed E-state index contributed by atoms with van der Waals surface area (Å²) in [5, 5.41) is 35.5. The molecule has 6 amide bonds. The molecular weight excluding hydrogens is 1070 g/mol. The van der Waals surface area contributed by atoms with Crippen LogP contribution in [0.3, 0.4) is 0 Å². The van der Waals surface area contributed by atoms with E-state index >= 15 is 0 Å². The molecule has 0 saturated carbocycles. The number of ether oxygens (including phenoxy) is 10. The van der Waals surface area contributed by atoms with Gasteiger partial charge in [-0.3, -0.25) is 33.6 Å². The second-order valence-electron chi connectivity index (χ2n) is 17.0. The van der Waals surface area contributed by atoms with E-state index < -0.39 is 35.8 Å². The Hall–Kier alpha value is -6.18. The summed E-state index contributed by atoms with van der Waals surface area (Å²) < 4.78 is 53.6. The van der Waals surface area contributed by atoms with Crippen LogP contribution in [0.25, 0.3) is 31.3 Å². The summed E-state index contributed by atoms with van der Waals surface area (Å²) in [5.74, 6) is -3.29. The fourth-order valence-electron chi connectivity index (χ4n) is 6.42. The number of aliphatic carboxylic acids is 1. The fourth-order valence-corrected chi connectivity index (χ4v) is 6.42. The molecule has 0 aliphatic rings. The number of carboxylic acids is 1. The monoisotopic (exact) mass is 1160 g/mol. The molecule has 33 nitrogen and oxygen atoms in total. The van der Waals surface area contributed by atoms with E-state index in [-0.39, 0.29) is 227 Å². The highest BCUT2D eigenvalue weighted by molar-refractivity contribution is 5.92. The van der Waals surface area contributed by atoms with Gasteiger partial charge in [-0.15, -0.1) is 0 Å². The third-order valence-corrected chi connectivity index (χ3v) is 10.5. The van der Waals surface area contributed by atoms with Crippen molar-refractivity contribution in [3.8, 4) is 0 Å². The number of azide groups is 3. The van der Waals surface area contributed by atoms with Gasteiger partial charge in [0, 0.05) is 86.2 Å². The summed E-state index contributed by atoms with van der Waals surface area (Å²) in [4.78, 5) is 96.6. The van der Waals surface area contributed by atoms with Gasteiger partial charge in [0.2, 0.25) is 35.4 Å². The number of nitrogens with zero attached hydrogens (tertiary/aromatic N) is 9. The Morgan fingerprint density at radius 1 is 0.346 bits per heavy atom. The predicted octanol–water partition coefficient (Wildman–Crippen LogP) is 1.28. The van der Waals surface area contributed by atoms with Crippen LogP contribution >= 0.6 is 0 Å². The van der Waals surface area contributed by atoms with Crippen LogP contribution in [0, 0.1) is 0 Å². The average molecular weight is 1160 g/mol. The molecule has 0 aromatic carbocycles. The molecule has 0 radical (unpaired) electrons. The topological polar surface area (TPSA) is 450 Å². The van der Waals surface area contributed by atoms with Crippen LogP contribution in [0.1, 0.15) is 77.0 Å². The second kappa shape index (κ2) is 58.5. The Kier molecular flexibility index (Phi) is 54.0. The molecular formula is C48H87N15O18. The highest BCUT2D eigenvalue weighted by Crippen LogP contribution is 2.07. The number of carbonyl (C=O) groups is 7. The van der Waals surface area contributed by atoms with E-state index in [0.29, 0.717) is 45.4 Å². The molecule has 0 bridgehead atoms. The van der Waals surface area contributed by atoms with Crippen LogP contribution in [0.15, 0.2) is 15.3 Å². The summed E-state index contributed by atoms with van der Waals surface area (Å²) in [6, 6.07) is -2.11. The molecule has 33 heteroatoms. The lowest BCUT2D eigenvalue weighted by Crippen LogP contribution is -2.54. The van der Waals surface area contributed by atoms with Gasteiger partial charge < -0.3 is 84.4 Å². The van der Waals surface area contributed by atoms with Gasteiger partial charge in [-0.05, 0) is 61.5 Å². The maximum absolute atomic E-state index is 14.0. The van der Waals surface area contributed by atoms with Crippen LogP contribution < -0.4 is 31.9 Å². The van der Waals surface area contributed by atoms with E-state index in [4.69, 9.17) is 69.1 Å². The minimum atomic E-state index is -1.07. The SMILES string of the molecule is [N-]=[N+]=NCCOCCOCCC(=O)NCCCC[C@@H](NC(=O)CCCNC(=O)CCOCCOCCN=[N+]=[N-])C(=O)N[C@H](CCCCNC(=O)CCOCCOCCN=[N+]=[N-])C(=O)NCCOCCOCCOCCOCCC(=O)O. The van der Waals surface area contributed by atoms with Crippen molar-refractivity contribution >= 4 is 41.4 Å². The third kappa shape index (κ3) is 54.2. The van der Waals surface area contributed by atoms with E-state index in [1.54, 1.807) is 0 Å². The number of hydrogen-bond donors (Lipinski definition) is 7. The van der Waals surface area contributed by atoms with Gasteiger partial charge in [-0.2, -0.15) is 0 Å². The molecule has 0 rings (SSSR count). The zero-order valence-corrected chi connectivity index (χ0v) is 46.6. The Morgan fingerprint density at radius 2 is 0.679 bits per heavy atom. The van der Waals surface area contributed by atoms with Gasteiger partial charge in [-0.25, -0.2) is 0 Å². The van der Waals surface area contributed by atoms with Crippen LogP contribution in [-0.4, -0.2) is 237 Å². The van der Waals surface area contributed by atoms with Crippen molar-refractivity contribution in [1.29, 1.82) is 0 Å². The molecule has 0 unspecified atom stereocenters. The molecule has 7 N–H and O–H groups in total. The number of amides is 6. The zero-order valence-electron chi connectivity index (χ0n) is 46.6. The van der Waals surface area contributed by atoms with Crippen molar-refractivity contribution in [1.82, 2.24) is 31.9 Å². The zero-order chi connectivity index (χ0) is 59.3. The van der Waals surface area contributed by atoms with Gasteiger partial charge in [0.15, 0.2) is 0 Å². The maximum atomic E-state index is 14.0. The summed E-state index contributed by atoms with van der Waals surface area (Å²) >= 11 is 0. The summed E-state index contributed by atoms with van der Waals surface area (Å²) in [6.07, 6.45) is 2.50. The number of unbranched alkanes of at least 4 members (excludes halogenated alkanes) is 2. The summed E-state index contributed by atoms with van der Waals surface area (Å²) in [6.45, 7) is 6.15. The summed E-state index contributed by atoms with van der Waals surface area (Å²) in [7, 11) is 0. The largest absolute Gasteiger partial charge is 0.481 e. The standard InChI is InChI=1S/C48H87N15O18/c49-61-56-17-25-77-32-28-72-20-9-42(64)52-13-3-1-6-40(47(70)55-16-24-76-35-37-81-39-38-80-36-31-75-23-12-46(68)69)60-48(71)41(7-2-4-14-53-43(65)10-21-73-29-33-78-26-18-57-62-50)59-45(67)8-5-15-54-44(66)11-22-74-30-34-79-27-19-58-63-51/h40-41H,1-39H2,(H,52,64)(H,53,65)(H,54,66)(H,55,70)(H,59,67)(H,60,71)(H,68,69)/t40-,41-/m1/s1. The van der Waals surface area contributed by atoms with Gasteiger partial charge in [0.05, 0.1) is 139 Å². The molecule has 0 saturated heterocycles. The number of carboxylic acid groups (broad SMARTS) is 1. The lowest BCUT2D eigenvalue weighted by molar-refractivity contribution is -0.138. The highest BCUT2D eigenvalue weighted by Gasteiger charge is 2.26. The van der Waals surface area contributed by atoms with Crippen molar-refractivity contribution in [3.05, 3.63) is 31.3 Å². The molecule has 0 aromatic rings. The summed E-state index contributed by atoms with van der Waals surface area (Å²) in [5.41, 5.74) is 24.9. The first kappa shape index (κ1) is 74.8. The molecule has 0 spiro atoms. The second-order valence-corrected chi connectivity index (χ2v) is 17.0. The number of carbonyl (C=O) groups excluding carboxylic acids is 6. The van der Waals surface area contributed by atoms with Crippen LogP contribution in [0.5, 0.6) is 0 Å². The Labute approximate surface area is 472 Å². The van der Waals surface area contributed by atoms with Crippen molar-refractivity contribution in [2.24, 2.45) is 15.3 Å². The maximum Gasteiger partial charge on any atom is 0.305 e. The molecule has 0 heterocycles. The van der Waals surface area contributed by atoms with E-state index in [9.17, 15) is 33.6 Å². The van der Waals surface area contributed by atoms with Gasteiger partial charge in [0.1, 0.15) is 12.1 Å². The van der Waals surface area contributed by atoms with Gasteiger partial charge in [-0.1, -0.05) is 15.3 Å². The average Bonchev–Trinajstić information content (AvgIpc) is 3.44. The number of nitrogens with one attached hydrogen (secondary N) is 6. The first-order chi connectivity index (χ1) is 39.5. The van der Waals surface area contributed by atoms with Gasteiger partial charge in [0.25, 0.3) is 0 Å². The van der Waals surface area contributed by atoms with Gasteiger partial charge >= 0.3 is 5.97 Å².